The molecule has 0 aliphatic rings. The minimum atomic E-state index is -0.329. The van der Waals surface area contributed by atoms with Crippen LogP contribution in [0.5, 0.6) is 5.75 Å². The van der Waals surface area contributed by atoms with Crippen LogP contribution in [0.4, 0.5) is 0 Å². The smallest absolute Gasteiger partial charge is 0.149 e. The van der Waals surface area contributed by atoms with Gasteiger partial charge in [-0.3, -0.25) is 9.55 Å². The molecule has 3 aromatic heterocycles. The van der Waals surface area contributed by atoms with Gasteiger partial charge in [0, 0.05) is 39.2 Å². The molecule has 0 unspecified atom stereocenters. The summed E-state index contributed by atoms with van der Waals surface area (Å²) in [6.45, 7) is 22.3. The lowest BCUT2D eigenvalue weighted by Gasteiger charge is -2.28. The monoisotopic (exact) mass is 801 g/mol. The van der Waals surface area contributed by atoms with E-state index in [1.54, 1.807) is 0 Å². The molecule has 9 rings (SSSR count). The van der Waals surface area contributed by atoms with Gasteiger partial charge in [-0.15, -0.1) is 0 Å². The van der Waals surface area contributed by atoms with Crippen LogP contribution >= 0.6 is 0 Å². The number of phenols is 1. The number of aromatic nitrogens is 3. The predicted molar refractivity (Wildman–Crippen MR) is 255 cm³/mol. The Morgan fingerprint density at radius 1 is 0.590 bits per heavy atom. The second-order valence-corrected chi connectivity index (χ2v) is 19.3. The molecule has 1 N–H and O–H groups in total. The fraction of sp³-hybridized carbons (Fsp3) is 0.250. The Kier molecular flexibility index (Phi) is 9.77. The number of imidazole rings is 1. The molecule has 0 bridgehead atoms. The first-order chi connectivity index (χ1) is 29.1. The minimum Gasteiger partial charge on any atom is -0.507 e. The highest BCUT2D eigenvalue weighted by Gasteiger charge is 2.31. The Balaban J connectivity index is 1.45. The van der Waals surface area contributed by atoms with Crippen molar-refractivity contribution in [3.8, 4) is 56.3 Å². The zero-order chi connectivity index (χ0) is 43.0. The van der Waals surface area contributed by atoms with E-state index in [-0.39, 0.29) is 28.4 Å². The number of phenolic OH excluding ortho intramolecular Hbond substituents is 1. The largest absolute Gasteiger partial charge is 0.507 e. The Bertz CT molecular complexity index is 3070. The Labute approximate surface area is 359 Å². The molecule has 0 atom stereocenters. The summed E-state index contributed by atoms with van der Waals surface area (Å²) in [4.78, 5) is 10.5. The average Bonchev–Trinajstić information content (AvgIpc) is 3.81. The molecule has 61 heavy (non-hydrogen) atoms. The van der Waals surface area contributed by atoms with Gasteiger partial charge in [0.2, 0.25) is 0 Å². The lowest BCUT2D eigenvalue weighted by Crippen LogP contribution is -2.17. The third kappa shape index (κ3) is 7.00. The standard InChI is InChI=1S/C56H55N3O2/c1-33(2)41-27-36(35-19-12-11-13-20-35)28-42(34(3)4)51(41)59-48-24-18-22-40(50(48)58-54(59)45-31-38(55(5,6)7)32-46(52(45)60)56(8,9)10)44-30-37(47-23-16-17-26-57-47)29-43-39-21-14-15-25-49(39)61-53(43)44/h11-34,60H,1-10H3. The summed E-state index contributed by atoms with van der Waals surface area (Å²) in [5.41, 5.74) is 15.3. The molecule has 306 valence electrons. The van der Waals surface area contributed by atoms with Crippen LogP contribution in [0.3, 0.4) is 0 Å². The van der Waals surface area contributed by atoms with Crippen LogP contribution < -0.4 is 0 Å². The molecule has 9 aromatic rings. The van der Waals surface area contributed by atoms with Gasteiger partial charge in [-0.05, 0) is 105 Å². The second kappa shape index (κ2) is 14.9. The molecule has 5 heteroatoms. The molecule has 0 amide bonds. The summed E-state index contributed by atoms with van der Waals surface area (Å²) in [7, 11) is 0. The second-order valence-electron chi connectivity index (χ2n) is 19.3. The summed E-state index contributed by atoms with van der Waals surface area (Å²) in [6.07, 6.45) is 1.84. The van der Waals surface area contributed by atoms with Crippen molar-refractivity contribution in [2.45, 2.75) is 91.9 Å². The molecule has 3 heterocycles. The van der Waals surface area contributed by atoms with Crippen LogP contribution in [0.2, 0.25) is 0 Å². The van der Waals surface area contributed by atoms with Gasteiger partial charge in [-0.25, -0.2) is 4.98 Å². The van der Waals surface area contributed by atoms with Crippen LogP contribution in [-0.2, 0) is 10.8 Å². The van der Waals surface area contributed by atoms with Gasteiger partial charge in [0.15, 0.2) is 0 Å². The Morgan fingerprint density at radius 2 is 1.28 bits per heavy atom. The fourth-order valence-corrected chi connectivity index (χ4v) is 8.86. The number of nitrogens with zero attached hydrogens (tertiary/aromatic N) is 3. The van der Waals surface area contributed by atoms with Crippen molar-refractivity contribution in [3.05, 3.63) is 156 Å². The first-order valence-corrected chi connectivity index (χ1v) is 21.6. The van der Waals surface area contributed by atoms with Crippen LogP contribution in [0.1, 0.15) is 103 Å². The normalized spacial score (nSPS) is 12.5. The van der Waals surface area contributed by atoms with Gasteiger partial charge in [-0.2, -0.15) is 0 Å². The number of benzene rings is 6. The number of fused-ring (bicyclic) bond motifs is 4. The van der Waals surface area contributed by atoms with Crippen molar-refractivity contribution in [1.29, 1.82) is 0 Å². The van der Waals surface area contributed by atoms with E-state index in [9.17, 15) is 5.11 Å². The average molecular weight is 802 g/mol. The summed E-state index contributed by atoms with van der Waals surface area (Å²) < 4.78 is 9.12. The zero-order valence-corrected chi connectivity index (χ0v) is 37.1. The first kappa shape index (κ1) is 40.0. The molecular formula is C56H55N3O2. The van der Waals surface area contributed by atoms with E-state index in [1.165, 1.54) is 22.3 Å². The summed E-state index contributed by atoms with van der Waals surface area (Å²) in [6, 6.07) is 44.9. The number of pyridine rings is 1. The minimum absolute atomic E-state index is 0.175. The molecule has 0 saturated heterocycles. The van der Waals surface area contributed by atoms with Crippen LogP contribution in [0.25, 0.3) is 83.6 Å². The van der Waals surface area contributed by atoms with Gasteiger partial charge in [0.25, 0.3) is 0 Å². The molecular weight excluding hydrogens is 747 g/mol. The first-order valence-electron chi connectivity index (χ1n) is 21.6. The number of para-hydroxylation sites is 2. The van der Waals surface area contributed by atoms with E-state index in [2.05, 4.69) is 177 Å². The van der Waals surface area contributed by atoms with Crippen molar-refractivity contribution >= 4 is 33.0 Å². The highest BCUT2D eigenvalue weighted by Crippen LogP contribution is 2.48. The van der Waals surface area contributed by atoms with E-state index < -0.39 is 0 Å². The number of furan rings is 1. The third-order valence-corrected chi connectivity index (χ3v) is 12.2. The number of aromatic hydroxyl groups is 1. The highest BCUT2D eigenvalue weighted by molar-refractivity contribution is 6.13. The maximum atomic E-state index is 12.6. The molecule has 0 fully saturated rings. The van der Waals surface area contributed by atoms with Crippen molar-refractivity contribution in [3.63, 3.8) is 0 Å². The Morgan fingerprint density at radius 3 is 1.93 bits per heavy atom. The van der Waals surface area contributed by atoms with Gasteiger partial charge in [0.1, 0.15) is 22.7 Å². The predicted octanol–water partition coefficient (Wildman–Crippen LogP) is 15.5. The van der Waals surface area contributed by atoms with Crippen LogP contribution in [0.15, 0.2) is 138 Å². The molecule has 0 saturated carbocycles. The van der Waals surface area contributed by atoms with Crippen LogP contribution in [0, 0.1) is 0 Å². The van der Waals surface area contributed by atoms with E-state index in [0.717, 1.165) is 72.2 Å². The van der Waals surface area contributed by atoms with Gasteiger partial charge < -0.3 is 9.52 Å². The molecule has 5 nitrogen and oxygen atoms in total. The molecule has 0 aliphatic carbocycles. The van der Waals surface area contributed by atoms with E-state index >= 15 is 0 Å². The van der Waals surface area contributed by atoms with E-state index in [0.29, 0.717) is 11.4 Å². The van der Waals surface area contributed by atoms with Crippen molar-refractivity contribution in [2.24, 2.45) is 0 Å². The SMILES string of the molecule is CC(C)c1cc(-c2ccccc2)cc(C(C)C)c1-n1c(-c2cc(C(C)(C)C)cc(C(C)(C)C)c2O)nc2c(-c3cc(-c4ccccn4)cc4c3oc3ccccc34)cccc21. The maximum Gasteiger partial charge on any atom is 0.149 e. The highest BCUT2D eigenvalue weighted by atomic mass is 16.3. The number of hydrogen-bond acceptors (Lipinski definition) is 4. The zero-order valence-electron chi connectivity index (χ0n) is 37.1. The topological polar surface area (TPSA) is 64.1 Å². The lowest BCUT2D eigenvalue weighted by atomic mass is 9.78. The maximum absolute atomic E-state index is 12.6. The molecule has 0 spiro atoms. The third-order valence-electron chi connectivity index (χ3n) is 12.2. The summed E-state index contributed by atoms with van der Waals surface area (Å²) >= 11 is 0. The number of hydrogen-bond donors (Lipinski definition) is 1. The summed E-state index contributed by atoms with van der Waals surface area (Å²) in [5, 5.41) is 14.7. The van der Waals surface area contributed by atoms with Gasteiger partial charge in [-0.1, -0.05) is 142 Å². The molecule has 0 aliphatic heterocycles. The van der Waals surface area contributed by atoms with E-state index in [1.807, 2.05) is 30.5 Å². The fourth-order valence-electron chi connectivity index (χ4n) is 8.86. The summed E-state index contributed by atoms with van der Waals surface area (Å²) in [5.74, 6) is 1.31. The molecule has 6 aromatic carbocycles. The van der Waals surface area contributed by atoms with Gasteiger partial charge >= 0.3 is 0 Å². The quantitative estimate of drug-likeness (QED) is 0.174. The van der Waals surface area contributed by atoms with Crippen LogP contribution in [-0.4, -0.2) is 19.6 Å². The lowest BCUT2D eigenvalue weighted by molar-refractivity contribution is 0.446. The Hall–Kier alpha value is -6.46. The van der Waals surface area contributed by atoms with E-state index in [4.69, 9.17) is 14.4 Å². The van der Waals surface area contributed by atoms with Crippen molar-refractivity contribution in [2.75, 3.05) is 0 Å². The molecule has 0 radical (unpaired) electrons. The number of rotatable bonds is 7. The van der Waals surface area contributed by atoms with Gasteiger partial charge in [0.05, 0.1) is 28.0 Å². The van der Waals surface area contributed by atoms with Crippen molar-refractivity contribution < 1.29 is 9.52 Å². The van der Waals surface area contributed by atoms with Crippen molar-refractivity contribution in [1.82, 2.24) is 14.5 Å².